The van der Waals surface area contributed by atoms with Crippen LogP contribution in [0.5, 0.6) is 0 Å². The van der Waals surface area contributed by atoms with Gasteiger partial charge in [-0.3, -0.25) is 14.2 Å². The van der Waals surface area contributed by atoms with Crippen molar-refractivity contribution in [2.24, 2.45) is 5.92 Å². The van der Waals surface area contributed by atoms with E-state index in [1.807, 2.05) is 19.9 Å². The first kappa shape index (κ1) is 21.9. The maximum absolute atomic E-state index is 13.1. The van der Waals surface area contributed by atoms with Crippen molar-refractivity contribution >= 4 is 45.9 Å². The Morgan fingerprint density at radius 1 is 1.23 bits per heavy atom. The number of fused-ring (bicyclic) bond motifs is 1. The Morgan fingerprint density at radius 2 is 1.93 bits per heavy atom. The zero-order chi connectivity index (χ0) is 21.8. The van der Waals surface area contributed by atoms with Crippen LogP contribution < -0.4 is 10.9 Å². The average Bonchev–Trinajstić information content (AvgIpc) is 2.71. The first-order valence-corrected chi connectivity index (χ1v) is 10.7. The molecule has 0 bridgehead atoms. The molecule has 1 amide bonds. The summed E-state index contributed by atoms with van der Waals surface area (Å²) < 4.78 is 1.61. The van der Waals surface area contributed by atoms with Crippen molar-refractivity contribution in [3.05, 3.63) is 63.4 Å². The van der Waals surface area contributed by atoms with E-state index in [4.69, 9.17) is 16.9 Å². The normalized spacial score (nSPS) is 12.0. The van der Waals surface area contributed by atoms with Gasteiger partial charge in [0.25, 0.3) is 5.56 Å². The summed E-state index contributed by atoms with van der Waals surface area (Å²) in [5.41, 5.74) is 1.51. The second kappa shape index (κ2) is 9.33. The molecule has 0 saturated heterocycles. The number of benzene rings is 2. The predicted octanol–water partition coefficient (Wildman–Crippen LogP) is 4.70. The van der Waals surface area contributed by atoms with E-state index in [1.54, 1.807) is 54.0 Å². The highest BCUT2D eigenvalue weighted by molar-refractivity contribution is 8.00. The van der Waals surface area contributed by atoms with E-state index >= 15 is 0 Å². The Bertz CT molecular complexity index is 1180. The average molecular weight is 441 g/mol. The van der Waals surface area contributed by atoms with E-state index in [-0.39, 0.29) is 17.4 Å². The fourth-order valence-corrected chi connectivity index (χ4v) is 3.96. The lowest BCUT2D eigenvalue weighted by Gasteiger charge is -2.17. The van der Waals surface area contributed by atoms with Crippen LogP contribution in [0.3, 0.4) is 0 Å². The number of hydrogen-bond donors (Lipinski definition) is 1. The molecule has 6 nitrogen and oxygen atoms in total. The van der Waals surface area contributed by atoms with E-state index in [0.717, 1.165) is 0 Å². The highest BCUT2D eigenvalue weighted by Crippen LogP contribution is 2.25. The van der Waals surface area contributed by atoms with Gasteiger partial charge in [-0.2, -0.15) is 5.26 Å². The smallest absolute Gasteiger partial charge is 0.262 e. The molecular formula is C22H21ClN4O2S. The first-order chi connectivity index (χ1) is 14.3. The van der Waals surface area contributed by atoms with Crippen molar-refractivity contribution in [2.45, 2.75) is 37.7 Å². The van der Waals surface area contributed by atoms with Gasteiger partial charge < -0.3 is 5.32 Å². The molecule has 0 aliphatic carbocycles. The van der Waals surface area contributed by atoms with Gasteiger partial charge in [0.2, 0.25) is 5.91 Å². The van der Waals surface area contributed by atoms with Crippen molar-refractivity contribution in [1.29, 1.82) is 5.26 Å². The molecule has 1 N–H and O–H groups in total. The molecule has 1 atom stereocenters. The molecule has 0 saturated carbocycles. The molecule has 0 spiro atoms. The van der Waals surface area contributed by atoms with Crippen molar-refractivity contribution in [2.75, 3.05) is 5.32 Å². The number of carbonyl (C=O) groups is 1. The molecule has 0 aliphatic rings. The van der Waals surface area contributed by atoms with Crippen LogP contribution in [0.15, 0.2) is 52.4 Å². The van der Waals surface area contributed by atoms with E-state index in [0.29, 0.717) is 38.9 Å². The Labute approximate surface area is 183 Å². The molecule has 8 heteroatoms. The summed E-state index contributed by atoms with van der Waals surface area (Å²) in [7, 11) is 0. The molecule has 1 aromatic heterocycles. The minimum Gasteiger partial charge on any atom is -0.325 e. The number of hydrogen-bond acceptors (Lipinski definition) is 5. The van der Waals surface area contributed by atoms with Gasteiger partial charge in [-0.25, -0.2) is 4.98 Å². The van der Waals surface area contributed by atoms with Crippen LogP contribution in [0.4, 0.5) is 5.69 Å². The van der Waals surface area contributed by atoms with Crippen LogP contribution in [-0.4, -0.2) is 20.7 Å². The summed E-state index contributed by atoms with van der Waals surface area (Å²) in [6.07, 6.45) is 0. The quantitative estimate of drug-likeness (QED) is 0.443. The standard InChI is InChI=1S/C22H21ClN4O2S/c1-13(2)12-27-21(29)18-10-16(23)6-9-19(18)26-22(27)30-14(3)20(28)25-17-7-4-15(11-24)5-8-17/h4-10,13-14H,12H2,1-3H3,(H,25,28). The number of nitrogens with zero attached hydrogens (tertiary/aromatic N) is 3. The number of rotatable bonds is 6. The fraction of sp³-hybridized carbons (Fsp3) is 0.273. The predicted molar refractivity (Wildman–Crippen MR) is 121 cm³/mol. The molecule has 2 aromatic carbocycles. The number of thioether (sulfide) groups is 1. The number of anilines is 1. The Kier molecular flexibility index (Phi) is 6.80. The lowest BCUT2D eigenvalue weighted by molar-refractivity contribution is -0.115. The van der Waals surface area contributed by atoms with Crippen LogP contribution in [0, 0.1) is 17.2 Å². The van der Waals surface area contributed by atoms with Crippen molar-refractivity contribution in [3.8, 4) is 6.07 Å². The van der Waals surface area contributed by atoms with Gasteiger partial charge in [0.15, 0.2) is 5.16 Å². The largest absolute Gasteiger partial charge is 0.325 e. The molecule has 3 aromatic rings. The molecule has 0 radical (unpaired) electrons. The number of halogens is 1. The Morgan fingerprint density at radius 3 is 2.57 bits per heavy atom. The van der Waals surface area contributed by atoms with Gasteiger partial charge in [0.1, 0.15) is 0 Å². The second-order valence-corrected chi connectivity index (χ2v) is 9.05. The monoisotopic (exact) mass is 440 g/mol. The topological polar surface area (TPSA) is 87.8 Å². The van der Waals surface area contributed by atoms with Crippen LogP contribution >= 0.6 is 23.4 Å². The van der Waals surface area contributed by atoms with Crippen LogP contribution in [-0.2, 0) is 11.3 Å². The van der Waals surface area contributed by atoms with Gasteiger partial charge >= 0.3 is 0 Å². The number of nitrogens with one attached hydrogen (secondary N) is 1. The molecule has 0 fully saturated rings. The second-order valence-electron chi connectivity index (χ2n) is 7.30. The maximum atomic E-state index is 13.1. The third-order valence-electron chi connectivity index (χ3n) is 4.36. The van der Waals surface area contributed by atoms with Crippen LogP contribution in [0.2, 0.25) is 5.02 Å². The van der Waals surface area contributed by atoms with Gasteiger partial charge in [-0.05, 0) is 55.3 Å². The van der Waals surface area contributed by atoms with Crippen LogP contribution in [0.25, 0.3) is 10.9 Å². The summed E-state index contributed by atoms with van der Waals surface area (Å²) in [6, 6.07) is 13.7. The van der Waals surface area contributed by atoms with Crippen LogP contribution in [0.1, 0.15) is 26.3 Å². The molecule has 1 heterocycles. The molecule has 3 rings (SSSR count). The number of amides is 1. The number of aromatic nitrogens is 2. The summed E-state index contributed by atoms with van der Waals surface area (Å²) >= 11 is 7.29. The minimum absolute atomic E-state index is 0.168. The fourth-order valence-electron chi connectivity index (χ4n) is 2.87. The molecule has 30 heavy (non-hydrogen) atoms. The molecule has 1 unspecified atom stereocenters. The van der Waals surface area contributed by atoms with Gasteiger partial charge in [-0.1, -0.05) is 37.2 Å². The summed E-state index contributed by atoms with van der Waals surface area (Å²) in [5.74, 6) is 0.00882. The third-order valence-corrected chi connectivity index (χ3v) is 5.69. The SMILES string of the molecule is CC(C)Cn1c(SC(C)C(=O)Nc2ccc(C#N)cc2)nc2ccc(Cl)cc2c1=O. The van der Waals surface area contributed by atoms with Gasteiger partial charge in [-0.15, -0.1) is 0 Å². The lowest BCUT2D eigenvalue weighted by Crippen LogP contribution is -2.28. The molecule has 0 aliphatic heterocycles. The maximum Gasteiger partial charge on any atom is 0.262 e. The summed E-state index contributed by atoms with van der Waals surface area (Å²) in [5, 5.41) is 12.7. The van der Waals surface area contributed by atoms with E-state index in [9.17, 15) is 9.59 Å². The van der Waals surface area contributed by atoms with Crippen molar-refractivity contribution < 1.29 is 4.79 Å². The van der Waals surface area contributed by atoms with E-state index in [2.05, 4.69) is 10.3 Å². The number of carbonyl (C=O) groups excluding carboxylic acids is 1. The Hall–Kier alpha value is -2.82. The van der Waals surface area contributed by atoms with E-state index in [1.165, 1.54) is 11.8 Å². The first-order valence-electron chi connectivity index (χ1n) is 9.46. The molecular weight excluding hydrogens is 420 g/mol. The summed E-state index contributed by atoms with van der Waals surface area (Å²) in [4.78, 5) is 30.4. The van der Waals surface area contributed by atoms with Crippen molar-refractivity contribution in [1.82, 2.24) is 9.55 Å². The molecule has 154 valence electrons. The van der Waals surface area contributed by atoms with Crippen molar-refractivity contribution in [3.63, 3.8) is 0 Å². The zero-order valence-electron chi connectivity index (χ0n) is 16.8. The minimum atomic E-state index is -0.490. The van der Waals surface area contributed by atoms with Gasteiger partial charge in [0.05, 0.1) is 27.8 Å². The highest BCUT2D eigenvalue weighted by Gasteiger charge is 2.20. The summed E-state index contributed by atoms with van der Waals surface area (Å²) in [6.45, 7) is 6.29. The zero-order valence-corrected chi connectivity index (χ0v) is 18.4. The highest BCUT2D eigenvalue weighted by atomic mass is 35.5. The lowest BCUT2D eigenvalue weighted by atomic mass is 10.2. The third kappa shape index (κ3) is 5.02. The van der Waals surface area contributed by atoms with E-state index < -0.39 is 5.25 Å². The Balaban J connectivity index is 1.89. The van der Waals surface area contributed by atoms with Gasteiger partial charge in [0, 0.05) is 17.3 Å². The number of nitriles is 1.